The number of aromatic carboxylic acids is 1. The van der Waals surface area contributed by atoms with Crippen molar-refractivity contribution in [2.75, 3.05) is 12.8 Å². The number of hydrogen-bond acceptors (Lipinski definition) is 4. The SMILES string of the molecule is COn1c(C(=O)O)nc2ccc(N)cc21. The van der Waals surface area contributed by atoms with Gasteiger partial charge in [-0.1, -0.05) is 0 Å². The van der Waals surface area contributed by atoms with Crippen molar-refractivity contribution < 1.29 is 14.7 Å². The summed E-state index contributed by atoms with van der Waals surface area (Å²) in [6.45, 7) is 0. The largest absolute Gasteiger partial charge is 0.475 e. The number of carbonyl (C=O) groups is 1. The molecular weight excluding hydrogens is 198 g/mol. The fourth-order valence-electron chi connectivity index (χ4n) is 1.39. The van der Waals surface area contributed by atoms with Gasteiger partial charge in [0.25, 0.3) is 5.82 Å². The summed E-state index contributed by atoms with van der Waals surface area (Å²) in [5.41, 5.74) is 7.18. The maximum absolute atomic E-state index is 10.8. The minimum atomic E-state index is -1.15. The number of carboxylic acids is 1. The summed E-state index contributed by atoms with van der Waals surface area (Å²) < 4.78 is 1.13. The lowest BCUT2D eigenvalue weighted by atomic mass is 10.3. The first-order chi connectivity index (χ1) is 7.13. The first-order valence-corrected chi connectivity index (χ1v) is 4.19. The van der Waals surface area contributed by atoms with Crippen LogP contribution in [0.3, 0.4) is 0 Å². The number of fused-ring (bicyclic) bond motifs is 1. The average molecular weight is 207 g/mol. The molecule has 0 amide bonds. The quantitative estimate of drug-likeness (QED) is 0.694. The molecule has 0 aliphatic carbocycles. The Labute approximate surface area is 84.8 Å². The number of imidazole rings is 1. The number of rotatable bonds is 2. The number of nitrogen functional groups attached to an aromatic ring is 1. The van der Waals surface area contributed by atoms with Gasteiger partial charge in [0.1, 0.15) is 12.6 Å². The van der Waals surface area contributed by atoms with Crippen LogP contribution in [0.25, 0.3) is 11.0 Å². The maximum Gasteiger partial charge on any atom is 0.375 e. The monoisotopic (exact) mass is 207 g/mol. The maximum atomic E-state index is 10.8. The smallest absolute Gasteiger partial charge is 0.375 e. The highest BCUT2D eigenvalue weighted by Gasteiger charge is 2.17. The molecule has 1 aromatic carbocycles. The van der Waals surface area contributed by atoms with Gasteiger partial charge in [-0.3, -0.25) is 0 Å². The molecule has 15 heavy (non-hydrogen) atoms. The van der Waals surface area contributed by atoms with Crippen LogP contribution in [0.5, 0.6) is 0 Å². The van der Waals surface area contributed by atoms with E-state index in [-0.39, 0.29) is 5.82 Å². The second kappa shape index (κ2) is 3.16. The molecule has 0 saturated heterocycles. The van der Waals surface area contributed by atoms with Gasteiger partial charge in [0.15, 0.2) is 0 Å². The van der Waals surface area contributed by atoms with Gasteiger partial charge < -0.3 is 15.7 Å². The van der Waals surface area contributed by atoms with E-state index in [4.69, 9.17) is 15.7 Å². The summed E-state index contributed by atoms with van der Waals surface area (Å²) in [6.07, 6.45) is 0. The van der Waals surface area contributed by atoms with E-state index in [1.54, 1.807) is 18.2 Å². The van der Waals surface area contributed by atoms with Gasteiger partial charge in [0.05, 0.1) is 5.52 Å². The summed E-state index contributed by atoms with van der Waals surface area (Å²) in [7, 11) is 1.37. The van der Waals surface area contributed by atoms with E-state index in [0.29, 0.717) is 16.7 Å². The third-order valence-corrected chi connectivity index (χ3v) is 2.01. The number of aromatic nitrogens is 2. The predicted molar refractivity (Wildman–Crippen MR) is 53.6 cm³/mol. The third kappa shape index (κ3) is 1.35. The Balaban J connectivity index is 2.79. The molecule has 0 bridgehead atoms. The lowest BCUT2D eigenvalue weighted by Crippen LogP contribution is -2.14. The van der Waals surface area contributed by atoms with E-state index in [0.717, 1.165) is 4.73 Å². The topological polar surface area (TPSA) is 90.4 Å². The minimum absolute atomic E-state index is 0.168. The molecule has 0 fully saturated rings. The van der Waals surface area contributed by atoms with Gasteiger partial charge in [0, 0.05) is 5.69 Å². The molecule has 6 nitrogen and oxygen atoms in total. The molecule has 3 N–H and O–H groups in total. The second-order valence-corrected chi connectivity index (χ2v) is 2.97. The van der Waals surface area contributed by atoms with Crippen LogP contribution in [0.15, 0.2) is 18.2 Å². The number of anilines is 1. The normalized spacial score (nSPS) is 10.5. The molecule has 1 aromatic heterocycles. The van der Waals surface area contributed by atoms with Crippen molar-refractivity contribution in [2.24, 2.45) is 0 Å². The van der Waals surface area contributed by atoms with Gasteiger partial charge in [0.2, 0.25) is 0 Å². The van der Waals surface area contributed by atoms with Crippen molar-refractivity contribution in [2.45, 2.75) is 0 Å². The first kappa shape index (κ1) is 9.32. The zero-order valence-corrected chi connectivity index (χ0v) is 7.97. The zero-order chi connectivity index (χ0) is 11.0. The Morgan fingerprint density at radius 2 is 2.33 bits per heavy atom. The number of nitrogens with two attached hydrogens (primary N) is 1. The predicted octanol–water partition coefficient (Wildman–Crippen LogP) is 0.375. The van der Waals surface area contributed by atoms with E-state index < -0.39 is 5.97 Å². The lowest BCUT2D eigenvalue weighted by molar-refractivity contribution is 0.0635. The Morgan fingerprint density at radius 1 is 1.60 bits per heavy atom. The van der Waals surface area contributed by atoms with Gasteiger partial charge in [-0.2, -0.15) is 4.73 Å². The van der Waals surface area contributed by atoms with Gasteiger partial charge in [-0.25, -0.2) is 9.78 Å². The number of carboxylic acid groups (broad SMARTS) is 1. The Bertz CT molecular complexity index is 533. The molecule has 0 aliphatic heterocycles. The molecule has 0 unspecified atom stereocenters. The summed E-state index contributed by atoms with van der Waals surface area (Å²) in [4.78, 5) is 19.7. The van der Waals surface area contributed by atoms with Crippen LogP contribution in [0.4, 0.5) is 5.69 Å². The summed E-state index contributed by atoms with van der Waals surface area (Å²) in [6, 6.07) is 4.91. The van der Waals surface area contributed by atoms with Crippen molar-refractivity contribution in [1.29, 1.82) is 0 Å². The molecule has 0 atom stereocenters. The van der Waals surface area contributed by atoms with Crippen molar-refractivity contribution in [1.82, 2.24) is 9.71 Å². The Hall–Kier alpha value is -2.24. The summed E-state index contributed by atoms with van der Waals surface area (Å²) in [5.74, 6) is -1.32. The van der Waals surface area contributed by atoms with Crippen LogP contribution < -0.4 is 10.6 Å². The van der Waals surface area contributed by atoms with E-state index in [1.165, 1.54) is 7.11 Å². The first-order valence-electron chi connectivity index (χ1n) is 4.19. The third-order valence-electron chi connectivity index (χ3n) is 2.01. The molecule has 0 saturated carbocycles. The molecule has 0 aliphatic rings. The summed E-state index contributed by atoms with van der Waals surface area (Å²) >= 11 is 0. The van der Waals surface area contributed by atoms with Crippen molar-refractivity contribution in [3.63, 3.8) is 0 Å². The van der Waals surface area contributed by atoms with Crippen molar-refractivity contribution in [3.05, 3.63) is 24.0 Å². The highest BCUT2D eigenvalue weighted by molar-refractivity contribution is 5.90. The number of benzene rings is 1. The molecule has 2 rings (SSSR count). The fraction of sp³-hybridized carbons (Fsp3) is 0.111. The van der Waals surface area contributed by atoms with E-state index >= 15 is 0 Å². The highest BCUT2D eigenvalue weighted by Crippen LogP contribution is 2.17. The van der Waals surface area contributed by atoms with Gasteiger partial charge in [-0.05, 0) is 18.2 Å². The second-order valence-electron chi connectivity index (χ2n) is 2.97. The van der Waals surface area contributed by atoms with Crippen LogP contribution in [0.1, 0.15) is 10.6 Å². The highest BCUT2D eigenvalue weighted by atomic mass is 16.6. The zero-order valence-electron chi connectivity index (χ0n) is 7.97. The molecule has 2 aromatic rings. The van der Waals surface area contributed by atoms with Crippen LogP contribution in [0, 0.1) is 0 Å². The number of nitrogens with zero attached hydrogens (tertiary/aromatic N) is 2. The van der Waals surface area contributed by atoms with Gasteiger partial charge >= 0.3 is 5.97 Å². The van der Waals surface area contributed by atoms with Gasteiger partial charge in [-0.15, -0.1) is 0 Å². The van der Waals surface area contributed by atoms with E-state index in [9.17, 15) is 4.79 Å². The summed E-state index contributed by atoms with van der Waals surface area (Å²) in [5, 5.41) is 8.87. The number of hydrogen-bond donors (Lipinski definition) is 2. The standard InChI is InChI=1S/C9H9N3O3/c1-15-12-7-4-5(10)2-3-6(7)11-8(12)9(13)14/h2-4H,10H2,1H3,(H,13,14). The van der Waals surface area contributed by atoms with Crippen molar-refractivity contribution >= 4 is 22.7 Å². The van der Waals surface area contributed by atoms with Crippen LogP contribution in [0.2, 0.25) is 0 Å². The molecule has 78 valence electrons. The Kier molecular flexibility index (Phi) is 1.96. The fourth-order valence-corrected chi connectivity index (χ4v) is 1.39. The van der Waals surface area contributed by atoms with Crippen LogP contribution in [-0.2, 0) is 0 Å². The molecule has 0 spiro atoms. The molecule has 6 heteroatoms. The van der Waals surface area contributed by atoms with E-state index in [2.05, 4.69) is 4.98 Å². The molecule has 1 heterocycles. The Morgan fingerprint density at radius 3 is 2.93 bits per heavy atom. The average Bonchev–Trinajstić information content (AvgIpc) is 2.55. The van der Waals surface area contributed by atoms with Crippen LogP contribution >= 0.6 is 0 Å². The van der Waals surface area contributed by atoms with E-state index in [1.807, 2.05) is 0 Å². The van der Waals surface area contributed by atoms with Crippen molar-refractivity contribution in [3.8, 4) is 0 Å². The molecule has 0 radical (unpaired) electrons. The van der Waals surface area contributed by atoms with Crippen LogP contribution in [-0.4, -0.2) is 27.9 Å². The minimum Gasteiger partial charge on any atom is -0.475 e. The molecular formula is C9H9N3O3. The lowest BCUT2D eigenvalue weighted by Gasteiger charge is -2.03.